The number of nitrogens with one attached hydrogen (secondary N) is 1. The zero-order chi connectivity index (χ0) is 15.2. The number of fused-ring (bicyclic) bond motifs is 1. The molecule has 4 heteroatoms. The summed E-state index contributed by atoms with van der Waals surface area (Å²) in [6.07, 6.45) is 4.23. The second kappa shape index (κ2) is 7.57. The van der Waals surface area contributed by atoms with Crippen molar-refractivity contribution in [1.82, 2.24) is 9.80 Å². The molecule has 2 rings (SSSR count). The zero-order valence-corrected chi connectivity index (χ0v) is 13.8. The predicted octanol–water partition coefficient (Wildman–Crippen LogP) is 1.74. The van der Waals surface area contributed by atoms with Crippen LogP contribution in [-0.2, 0) is 12.8 Å². The lowest BCUT2D eigenvalue weighted by atomic mass is 9.93. The number of rotatable bonds is 7. The number of anilines is 1. The first-order valence-corrected chi connectivity index (χ1v) is 7.76. The van der Waals surface area contributed by atoms with Gasteiger partial charge in [-0.25, -0.2) is 0 Å². The van der Waals surface area contributed by atoms with Crippen molar-refractivity contribution in [2.45, 2.75) is 12.8 Å². The SMILES string of the molecule is CN(C)CCNc1ccc(CCN(C)C)c2c1C=NCC2. The van der Waals surface area contributed by atoms with Crippen LogP contribution in [0.3, 0.4) is 0 Å². The summed E-state index contributed by atoms with van der Waals surface area (Å²) in [6.45, 7) is 4.01. The van der Waals surface area contributed by atoms with Gasteiger partial charge in [0.15, 0.2) is 0 Å². The fourth-order valence-corrected chi connectivity index (χ4v) is 2.63. The molecule has 1 aromatic carbocycles. The fraction of sp³-hybridized carbons (Fsp3) is 0.588. The molecule has 116 valence electrons. The molecular weight excluding hydrogens is 260 g/mol. The van der Waals surface area contributed by atoms with Gasteiger partial charge in [0.1, 0.15) is 0 Å². The Bertz CT molecular complexity index is 492. The summed E-state index contributed by atoms with van der Waals surface area (Å²) >= 11 is 0. The first kappa shape index (κ1) is 16.0. The van der Waals surface area contributed by atoms with Crippen molar-refractivity contribution < 1.29 is 0 Å². The Morgan fingerprint density at radius 1 is 1.10 bits per heavy atom. The Morgan fingerprint density at radius 3 is 2.57 bits per heavy atom. The number of hydrogen-bond donors (Lipinski definition) is 1. The molecule has 1 heterocycles. The van der Waals surface area contributed by atoms with E-state index in [2.05, 4.69) is 66.6 Å². The maximum atomic E-state index is 4.47. The molecule has 4 nitrogen and oxygen atoms in total. The quantitative estimate of drug-likeness (QED) is 0.829. The molecule has 1 N–H and O–H groups in total. The zero-order valence-electron chi connectivity index (χ0n) is 13.8. The summed E-state index contributed by atoms with van der Waals surface area (Å²) in [6, 6.07) is 4.51. The van der Waals surface area contributed by atoms with Crippen LogP contribution >= 0.6 is 0 Å². The van der Waals surface area contributed by atoms with Gasteiger partial charge < -0.3 is 15.1 Å². The van der Waals surface area contributed by atoms with E-state index in [1.54, 1.807) is 0 Å². The van der Waals surface area contributed by atoms with Crippen LogP contribution in [0.1, 0.15) is 16.7 Å². The summed E-state index contributed by atoms with van der Waals surface area (Å²) in [5.41, 5.74) is 5.49. The molecular formula is C17H28N4. The van der Waals surface area contributed by atoms with Gasteiger partial charge in [0, 0.05) is 43.6 Å². The number of aliphatic imine (C=N–C) groups is 1. The second-order valence-electron chi connectivity index (χ2n) is 6.23. The van der Waals surface area contributed by atoms with Crippen molar-refractivity contribution in [3.63, 3.8) is 0 Å². The average Bonchev–Trinajstić information content (AvgIpc) is 2.45. The van der Waals surface area contributed by atoms with Crippen LogP contribution in [0.5, 0.6) is 0 Å². The number of nitrogens with zero attached hydrogens (tertiary/aromatic N) is 3. The second-order valence-corrected chi connectivity index (χ2v) is 6.23. The van der Waals surface area contributed by atoms with Crippen LogP contribution in [0.4, 0.5) is 5.69 Å². The van der Waals surface area contributed by atoms with Crippen molar-refractivity contribution >= 4 is 11.9 Å². The van der Waals surface area contributed by atoms with Gasteiger partial charge in [-0.05, 0) is 58.2 Å². The predicted molar refractivity (Wildman–Crippen MR) is 91.9 cm³/mol. The molecule has 1 aliphatic rings. The van der Waals surface area contributed by atoms with E-state index >= 15 is 0 Å². The molecule has 0 aliphatic carbocycles. The lowest BCUT2D eigenvalue weighted by molar-refractivity contribution is 0.413. The Hall–Kier alpha value is -1.39. The van der Waals surface area contributed by atoms with E-state index in [9.17, 15) is 0 Å². The highest BCUT2D eigenvalue weighted by atomic mass is 15.1. The van der Waals surface area contributed by atoms with Crippen molar-refractivity contribution in [1.29, 1.82) is 0 Å². The van der Waals surface area contributed by atoms with E-state index < -0.39 is 0 Å². The van der Waals surface area contributed by atoms with Gasteiger partial charge in [-0.15, -0.1) is 0 Å². The summed E-state index contributed by atoms with van der Waals surface area (Å²) in [4.78, 5) is 8.91. The minimum atomic E-state index is 0.920. The van der Waals surface area contributed by atoms with Crippen molar-refractivity contribution in [2.75, 3.05) is 59.7 Å². The molecule has 0 unspecified atom stereocenters. The monoisotopic (exact) mass is 288 g/mol. The summed E-state index contributed by atoms with van der Waals surface area (Å²) in [5.74, 6) is 0. The summed E-state index contributed by atoms with van der Waals surface area (Å²) in [7, 11) is 8.46. The van der Waals surface area contributed by atoms with Crippen LogP contribution in [0.2, 0.25) is 0 Å². The molecule has 0 aromatic heterocycles. The van der Waals surface area contributed by atoms with Crippen LogP contribution < -0.4 is 5.32 Å². The van der Waals surface area contributed by atoms with Crippen molar-refractivity contribution in [3.05, 3.63) is 28.8 Å². The smallest absolute Gasteiger partial charge is 0.0432 e. The Kier molecular flexibility index (Phi) is 5.76. The molecule has 0 saturated carbocycles. The van der Waals surface area contributed by atoms with Crippen LogP contribution in [0.25, 0.3) is 0 Å². The topological polar surface area (TPSA) is 30.9 Å². The highest BCUT2D eigenvalue weighted by Gasteiger charge is 2.14. The molecule has 0 bridgehead atoms. The van der Waals surface area contributed by atoms with Crippen LogP contribution in [0.15, 0.2) is 17.1 Å². The molecule has 0 spiro atoms. The van der Waals surface area contributed by atoms with Gasteiger partial charge in [0.25, 0.3) is 0 Å². The maximum absolute atomic E-state index is 4.47. The average molecular weight is 288 g/mol. The Labute approximate surface area is 128 Å². The molecule has 1 aliphatic heterocycles. The van der Waals surface area contributed by atoms with E-state index in [1.165, 1.54) is 22.4 Å². The molecule has 1 aromatic rings. The highest BCUT2D eigenvalue weighted by molar-refractivity contribution is 5.91. The minimum Gasteiger partial charge on any atom is -0.383 e. The van der Waals surface area contributed by atoms with Gasteiger partial charge in [0.2, 0.25) is 0 Å². The summed E-state index contributed by atoms with van der Waals surface area (Å²) in [5, 5.41) is 3.55. The lowest BCUT2D eigenvalue weighted by Gasteiger charge is -2.21. The first-order chi connectivity index (χ1) is 10.1. The van der Waals surface area contributed by atoms with Crippen molar-refractivity contribution in [3.8, 4) is 0 Å². The number of likely N-dealkylation sites (N-methyl/N-ethyl adjacent to an activating group) is 2. The van der Waals surface area contributed by atoms with Gasteiger partial charge in [0.05, 0.1) is 0 Å². The third-order valence-electron chi connectivity index (χ3n) is 3.87. The van der Waals surface area contributed by atoms with E-state index in [-0.39, 0.29) is 0 Å². The molecule has 0 fully saturated rings. The largest absolute Gasteiger partial charge is 0.383 e. The van der Waals surface area contributed by atoms with E-state index in [1.807, 2.05) is 0 Å². The molecule has 21 heavy (non-hydrogen) atoms. The third kappa shape index (κ3) is 4.55. The van der Waals surface area contributed by atoms with E-state index in [0.717, 1.165) is 39.0 Å². The van der Waals surface area contributed by atoms with Crippen LogP contribution in [0, 0.1) is 0 Å². The van der Waals surface area contributed by atoms with Gasteiger partial charge in [-0.3, -0.25) is 4.99 Å². The van der Waals surface area contributed by atoms with Gasteiger partial charge >= 0.3 is 0 Å². The molecule has 0 radical (unpaired) electrons. The number of benzene rings is 1. The Morgan fingerprint density at radius 2 is 1.86 bits per heavy atom. The molecule has 0 amide bonds. The van der Waals surface area contributed by atoms with Gasteiger partial charge in [-0.2, -0.15) is 0 Å². The van der Waals surface area contributed by atoms with Gasteiger partial charge in [-0.1, -0.05) is 6.07 Å². The number of hydrogen-bond acceptors (Lipinski definition) is 4. The molecule has 0 atom stereocenters. The first-order valence-electron chi connectivity index (χ1n) is 7.76. The summed E-state index contributed by atoms with van der Waals surface area (Å²) < 4.78 is 0. The third-order valence-corrected chi connectivity index (χ3v) is 3.87. The fourth-order valence-electron chi connectivity index (χ4n) is 2.63. The van der Waals surface area contributed by atoms with E-state index in [0.29, 0.717) is 0 Å². The highest BCUT2D eigenvalue weighted by Crippen LogP contribution is 2.25. The molecule has 0 saturated heterocycles. The standard InChI is InChI=1S/C17H28N4/c1-20(2)11-8-14-5-6-17(19-10-12-21(3)4)16-13-18-9-7-15(14)16/h5-6,13,19H,7-12H2,1-4H3. The maximum Gasteiger partial charge on any atom is 0.0432 e. The Balaban J connectivity index is 2.15. The van der Waals surface area contributed by atoms with E-state index in [4.69, 9.17) is 0 Å². The minimum absolute atomic E-state index is 0.920. The lowest BCUT2D eigenvalue weighted by Crippen LogP contribution is -2.22. The van der Waals surface area contributed by atoms with Crippen LogP contribution in [-0.4, -0.2) is 70.4 Å². The normalized spacial score (nSPS) is 13.8. The van der Waals surface area contributed by atoms with Crippen molar-refractivity contribution in [2.24, 2.45) is 4.99 Å².